The maximum atomic E-state index is 12.1. The molecule has 0 aromatic heterocycles. The van der Waals surface area contributed by atoms with Gasteiger partial charge < -0.3 is 5.32 Å². The summed E-state index contributed by atoms with van der Waals surface area (Å²) in [4.78, 5) is 12.1. The van der Waals surface area contributed by atoms with Crippen LogP contribution in [-0.4, -0.2) is 27.7 Å². The third-order valence-corrected chi connectivity index (χ3v) is 4.87. The van der Waals surface area contributed by atoms with E-state index in [0.717, 1.165) is 18.4 Å². The van der Waals surface area contributed by atoms with Crippen molar-refractivity contribution in [1.82, 2.24) is 5.32 Å². The maximum Gasteiger partial charge on any atom is 0.237 e. The molecular weight excluding hydrogens is 272 g/mol. The van der Waals surface area contributed by atoms with Gasteiger partial charge >= 0.3 is 0 Å². The summed E-state index contributed by atoms with van der Waals surface area (Å²) in [5.41, 5.74) is 0.985. The summed E-state index contributed by atoms with van der Waals surface area (Å²) in [5.74, 6) is 0.403. The Morgan fingerprint density at radius 3 is 2.60 bits per heavy atom. The van der Waals surface area contributed by atoms with Crippen molar-refractivity contribution < 1.29 is 9.00 Å². The van der Waals surface area contributed by atoms with Crippen molar-refractivity contribution in [2.45, 2.75) is 25.3 Å². The van der Waals surface area contributed by atoms with E-state index in [1.807, 2.05) is 30.3 Å². The summed E-state index contributed by atoms with van der Waals surface area (Å²) < 4.78 is 11.3. The standard InChI is InChI=1S/C15H18N2O2S/c16-11-13(10-12-4-2-1-3-5-12)15(18)17-14-6-8-20(19)9-7-14/h1-5,13-14H,6-10H2,(H,17,18). The molecule has 0 bridgehead atoms. The summed E-state index contributed by atoms with van der Waals surface area (Å²) in [5, 5.41) is 12.1. The molecule has 0 aliphatic carbocycles. The molecule has 2 rings (SSSR count). The molecule has 1 aliphatic rings. The van der Waals surface area contributed by atoms with E-state index in [1.54, 1.807) is 0 Å². The van der Waals surface area contributed by atoms with E-state index in [1.165, 1.54) is 0 Å². The van der Waals surface area contributed by atoms with Crippen LogP contribution in [0.3, 0.4) is 0 Å². The minimum Gasteiger partial charge on any atom is -0.352 e. The van der Waals surface area contributed by atoms with Gasteiger partial charge in [0.25, 0.3) is 0 Å². The summed E-state index contributed by atoms with van der Waals surface area (Å²) in [6.07, 6.45) is 1.91. The molecule has 1 N–H and O–H groups in total. The normalized spacial score (nSPS) is 23.6. The van der Waals surface area contributed by atoms with Gasteiger partial charge in [-0.2, -0.15) is 5.26 Å². The lowest BCUT2D eigenvalue weighted by atomic mass is 9.99. The third kappa shape index (κ3) is 4.17. The van der Waals surface area contributed by atoms with Crippen LogP contribution in [-0.2, 0) is 22.0 Å². The largest absolute Gasteiger partial charge is 0.352 e. The molecule has 1 aromatic carbocycles. The molecule has 1 fully saturated rings. The van der Waals surface area contributed by atoms with Gasteiger partial charge in [-0.3, -0.25) is 9.00 Å². The number of carbonyl (C=O) groups is 1. The van der Waals surface area contributed by atoms with E-state index in [2.05, 4.69) is 11.4 Å². The van der Waals surface area contributed by atoms with Crippen LogP contribution in [0.1, 0.15) is 18.4 Å². The molecule has 5 heteroatoms. The van der Waals surface area contributed by atoms with Crippen molar-refractivity contribution in [3.05, 3.63) is 35.9 Å². The van der Waals surface area contributed by atoms with Gasteiger partial charge in [-0.05, 0) is 24.8 Å². The quantitative estimate of drug-likeness (QED) is 0.911. The first-order valence-electron chi connectivity index (χ1n) is 6.78. The molecule has 1 aromatic rings. The fraction of sp³-hybridized carbons (Fsp3) is 0.467. The van der Waals surface area contributed by atoms with Crippen LogP contribution in [0, 0.1) is 17.2 Å². The van der Waals surface area contributed by atoms with E-state index in [9.17, 15) is 9.00 Å². The second-order valence-electron chi connectivity index (χ2n) is 5.00. The third-order valence-electron chi connectivity index (χ3n) is 3.49. The predicted octanol–water partition coefficient (Wildman–Crippen LogP) is 1.40. The number of nitriles is 1. The minimum atomic E-state index is -0.736. The molecule has 1 atom stereocenters. The highest BCUT2D eigenvalue weighted by molar-refractivity contribution is 7.85. The van der Waals surface area contributed by atoms with Crippen molar-refractivity contribution in [2.75, 3.05) is 11.5 Å². The van der Waals surface area contributed by atoms with Gasteiger partial charge in [-0.15, -0.1) is 0 Å². The first kappa shape index (κ1) is 14.7. The molecular formula is C15H18N2O2S. The van der Waals surface area contributed by atoms with Crippen LogP contribution in [0.5, 0.6) is 0 Å². The number of nitrogens with one attached hydrogen (secondary N) is 1. The van der Waals surface area contributed by atoms with Crippen LogP contribution in [0.2, 0.25) is 0 Å². The molecule has 106 valence electrons. The van der Waals surface area contributed by atoms with Crippen molar-refractivity contribution >= 4 is 16.7 Å². The van der Waals surface area contributed by atoms with Crippen molar-refractivity contribution in [3.8, 4) is 6.07 Å². The predicted molar refractivity (Wildman–Crippen MR) is 78.3 cm³/mol. The number of benzene rings is 1. The van der Waals surface area contributed by atoms with Crippen LogP contribution in [0.25, 0.3) is 0 Å². The topological polar surface area (TPSA) is 70.0 Å². The van der Waals surface area contributed by atoms with Crippen LogP contribution in [0.15, 0.2) is 30.3 Å². The average Bonchev–Trinajstić information content (AvgIpc) is 2.48. The number of nitrogens with zero attached hydrogens (tertiary/aromatic N) is 1. The summed E-state index contributed by atoms with van der Waals surface area (Å²) in [6, 6.07) is 11.7. The second-order valence-corrected chi connectivity index (χ2v) is 6.70. The monoisotopic (exact) mass is 290 g/mol. The highest BCUT2D eigenvalue weighted by Crippen LogP contribution is 2.12. The fourth-order valence-corrected chi connectivity index (χ4v) is 3.59. The molecule has 1 unspecified atom stereocenters. The molecule has 1 saturated heterocycles. The zero-order chi connectivity index (χ0) is 14.4. The van der Waals surface area contributed by atoms with Gasteiger partial charge in [0.1, 0.15) is 5.92 Å². The lowest BCUT2D eigenvalue weighted by molar-refractivity contribution is -0.124. The SMILES string of the molecule is N#CC(Cc1ccccc1)C(=O)NC1CCS(=O)CC1. The van der Waals surface area contributed by atoms with E-state index in [-0.39, 0.29) is 11.9 Å². The lowest BCUT2D eigenvalue weighted by Gasteiger charge is -2.23. The van der Waals surface area contributed by atoms with Crippen LogP contribution < -0.4 is 5.32 Å². The Hall–Kier alpha value is -1.67. The van der Waals surface area contributed by atoms with Crippen molar-refractivity contribution in [3.63, 3.8) is 0 Å². The molecule has 20 heavy (non-hydrogen) atoms. The zero-order valence-electron chi connectivity index (χ0n) is 11.2. The van der Waals surface area contributed by atoms with E-state index in [0.29, 0.717) is 17.9 Å². The van der Waals surface area contributed by atoms with Crippen LogP contribution in [0.4, 0.5) is 0 Å². The molecule has 1 aliphatic heterocycles. The van der Waals surface area contributed by atoms with Gasteiger partial charge in [0, 0.05) is 28.3 Å². The van der Waals surface area contributed by atoms with Gasteiger partial charge in [-0.1, -0.05) is 30.3 Å². The van der Waals surface area contributed by atoms with E-state index < -0.39 is 16.7 Å². The number of hydrogen-bond acceptors (Lipinski definition) is 3. The molecule has 4 nitrogen and oxygen atoms in total. The van der Waals surface area contributed by atoms with Crippen molar-refractivity contribution in [2.24, 2.45) is 5.92 Å². The van der Waals surface area contributed by atoms with Gasteiger partial charge in [0.2, 0.25) is 5.91 Å². The summed E-state index contributed by atoms with van der Waals surface area (Å²) >= 11 is 0. The molecule has 1 heterocycles. The Kier molecular flexibility index (Phi) is 5.31. The van der Waals surface area contributed by atoms with Gasteiger partial charge in [0.15, 0.2) is 0 Å². The Labute approximate surface area is 121 Å². The lowest BCUT2D eigenvalue weighted by Crippen LogP contribution is -2.42. The number of carbonyl (C=O) groups excluding carboxylic acids is 1. The highest BCUT2D eigenvalue weighted by atomic mass is 32.2. The van der Waals surface area contributed by atoms with Gasteiger partial charge in [0.05, 0.1) is 6.07 Å². The Morgan fingerprint density at radius 2 is 2.00 bits per heavy atom. The molecule has 0 saturated carbocycles. The maximum absolute atomic E-state index is 12.1. The Bertz CT molecular complexity index is 514. The first-order valence-corrected chi connectivity index (χ1v) is 8.26. The second kappa shape index (κ2) is 7.20. The fourth-order valence-electron chi connectivity index (χ4n) is 2.29. The first-order chi connectivity index (χ1) is 9.69. The smallest absolute Gasteiger partial charge is 0.237 e. The van der Waals surface area contributed by atoms with E-state index in [4.69, 9.17) is 5.26 Å². The molecule has 1 amide bonds. The number of amides is 1. The molecule has 0 spiro atoms. The van der Waals surface area contributed by atoms with Gasteiger partial charge in [-0.25, -0.2) is 0 Å². The van der Waals surface area contributed by atoms with E-state index >= 15 is 0 Å². The Balaban J connectivity index is 1.89. The summed E-state index contributed by atoms with van der Waals surface area (Å²) in [6.45, 7) is 0. The number of rotatable bonds is 4. The van der Waals surface area contributed by atoms with Crippen molar-refractivity contribution in [1.29, 1.82) is 5.26 Å². The number of hydrogen-bond donors (Lipinski definition) is 1. The highest BCUT2D eigenvalue weighted by Gasteiger charge is 2.24. The minimum absolute atomic E-state index is 0.0619. The molecule has 0 radical (unpaired) electrons. The Morgan fingerprint density at radius 1 is 1.35 bits per heavy atom. The van der Waals surface area contributed by atoms with Crippen LogP contribution >= 0.6 is 0 Å². The summed E-state index contributed by atoms with van der Waals surface area (Å²) in [7, 11) is -0.736. The average molecular weight is 290 g/mol. The zero-order valence-corrected chi connectivity index (χ0v) is 12.1.